The molecule has 1 fully saturated rings. The van der Waals surface area contributed by atoms with Gasteiger partial charge in [-0.2, -0.15) is 0 Å². The monoisotopic (exact) mass is 369 g/mol. The molecule has 2 atom stereocenters. The fourth-order valence-electron chi connectivity index (χ4n) is 3.62. The number of nitrogens with zero attached hydrogens (tertiary/aromatic N) is 1. The molecular weight excluding hydrogens is 346 g/mol. The van der Waals surface area contributed by atoms with Gasteiger partial charge in [-0.15, -0.1) is 0 Å². The Morgan fingerprint density at radius 3 is 2.56 bits per heavy atom. The largest absolute Gasteiger partial charge is 0.496 e. The van der Waals surface area contributed by atoms with Crippen LogP contribution in [0, 0.1) is 12.8 Å². The van der Waals surface area contributed by atoms with Gasteiger partial charge < -0.3 is 19.5 Å². The van der Waals surface area contributed by atoms with E-state index < -0.39 is 24.0 Å². The lowest BCUT2D eigenvalue weighted by atomic mass is 9.90. The van der Waals surface area contributed by atoms with Crippen LogP contribution in [0.5, 0.6) is 5.75 Å². The summed E-state index contributed by atoms with van der Waals surface area (Å²) >= 11 is 0. The van der Waals surface area contributed by atoms with Crippen molar-refractivity contribution in [1.29, 1.82) is 0 Å². The first kappa shape index (κ1) is 18.8. The zero-order chi connectivity index (χ0) is 19.4. The molecule has 0 unspecified atom stereocenters. The van der Waals surface area contributed by atoms with Crippen molar-refractivity contribution in [3.63, 3.8) is 0 Å². The molecule has 1 amide bonds. The maximum Gasteiger partial charge on any atom is 0.410 e. The van der Waals surface area contributed by atoms with Crippen molar-refractivity contribution in [1.82, 2.24) is 4.90 Å². The van der Waals surface area contributed by atoms with Gasteiger partial charge in [-0.3, -0.25) is 4.79 Å². The third-order valence-corrected chi connectivity index (χ3v) is 5.02. The number of ether oxygens (including phenoxy) is 2. The number of amides is 1. The Labute approximate surface area is 158 Å². The predicted octanol–water partition coefficient (Wildman–Crippen LogP) is 3.79. The molecule has 1 N–H and O–H groups in total. The van der Waals surface area contributed by atoms with Gasteiger partial charge >= 0.3 is 12.1 Å². The van der Waals surface area contributed by atoms with Crippen molar-refractivity contribution in [2.24, 2.45) is 5.92 Å². The first-order chi connectivity index (χ1) is 13.0. The van der Waals surface area contributed by atoms with Crippen LogP contribution >= 0.6 is 0 Å². The zero-order valence-electron chi connectivity index (χ0n) is 15.4. The molecule has 2 aromatic rings. The number of carboxylic acids is 1. The number of hydrogen-bond donors (Lipinski definition) is 1. The zero-order valence-corrected chi connectivity index (χ0v) is 15.4. The molecule has 0 aromatic heterocycles. The molecule has 0 spiro atoms. The number of benzene rings is 2. The first-order valence-corrected chi connectivity index (χ1v) is 8.86. The van der Waals surface area contributed by atoms with Gasteiger partial charge in [-0.1, -0.05) is 42.5 Å². The van der Waals surface area contributed by atoms with Gasteiger partial charge in [0.25, 0.3) is 0 Å². The number of likely N-dealkylation sites (tertiary alicyclic amines) is 1. The summed E-state index contributed by atoms with van der Waals surface area (Å²) in [6.07, 6.45) is -0.119. The van der Waals surface area contributed by atoms with Crippen LogP contribution in [0.4, 0.5) is 4.79 Å². The summed E-state index contributed by atoms with van der Waals surface area (Å²) in [5, 5.41) is 9.66. The topological polar surface area (TPSA) is 76.1 Å². The van der Waals surface area contributed by atoms with Crippen molar-refractivity contribution >= 4 is 12.1 Å². The lowest BCUT2D eigenvalue weighted by molar-refractivity contribution is -0.142. The number of rotatable bonds is 5. The minimum atomic E-state index is -0.916. The lowest BCUT2D eigenvalue weighted by Gasteiger charge is -2.28. The molecule has 3 rings (SSSR count). The second kappa shape index (κ2) is 8.12. The molecule has 0 radical (unpaired) electrons. The molecule has 1 aliphatic rings. The second-order valence-corrected chi connectivity index (χ2v) is 6.59. The maximum absolute atomic E-state index is 12.7. The molecule has 1 saturated heterocycles. The van der Waals surface area contributed by atoms with Crippen molar-refractivity contribution < 1.29 is 24.2 Å². The molecule has 2 aromatic carbocycles. The first-order valence-electron chi connectivity index (χ1n) is 8.86. The quantitative estimate of drug-likeness (QED) is 0.868. The van der Waals surface area contributed by atoms with Crippen LogP contribution in [-0.4, -0.2) is 35.7 Å². The number of aliphatic carboxylic acids is 1. The second-order valence-electron chi connectivity index (χ2n) is 6.59. The summed E-state index contributed by atoms with van der Waals surface area (Å²) in [4.78, 5) is 26.0. The summed E-state index contributed by atoms with van der Waals surface area (Å²) in [5.74, 6) is -0.929. The molecule has 6 heteroatoms. The Morgan fingerprint density at radius 1 is 1.15 bits per heavy atom. The van der Waals surface area contributed by atoms with E-state index in [4.69, 9.17) is 9.47 Å². The van der Waals surface area contributed by atoms with E-state index in [1.54, 1.807) is 7.11 Å². The fraction of sp³-hybridized carbons (Fsp3) is 0.333. The van der Waals surface area contributed by atoms with Gasteiger partial charge in [0, 0.05) is 6.54 Å². The molecule has 1 heterocycles. The summed E-state index contributed by atoms with van der Waals surface area (Å²) in [6, 6.07) is 14.3. The minimum Gasteiger partial charge on any atom is -0.496 e. The van der Waals surface area contributed by atoms with Crippen LogP contribution in [0.2, 0.25) is 0 Å². The Hall–Kier alpha value is -3.02. The SMILES string of the molecule is COc1cccc([C@H]2[C@@H](C(=O)O)CCN2C(=O)OCc2ccccc2)c1C. The van der Waals surface area contributed by atoms with Gasteiger partial charge in [0.15, 0.2) is 0 Å². The highest BCUT2D eigenvalue weighted by Gasteiger charge is 2.43. The smallest absolute Gasteiger partial charge is 0.410 e. The molecule has 0 aliphatic carbocycles. The van der Waals surface area contributed by atoms with Gasteiger partial charge in [0.05, 0.1) is 19.1 Å². The maximum atomic E-state index is 12.7. The van der Waals surface area contributed by atoms with Crippen LogP contribution in [0.1, 0.15) is 29.2 Å². The number of carboxylic acid groups (broad SMARTS) is 1. The number of carbonyl (C=O) groups is 2. The highest BCUT2D eigenvalue weighted by atomic mass is 16.6. The van der Waals surface area contributed by atoms with Crippen molar-refractivity contribution in [2.45, 2.75) is 26.0 Å². The number of methoxy groups -OCH3 is 1. The molecule has 0 saturated carbocycles. The Morgan fingerprint density at radius 2 is 1.89 bits per heavy atom. The van der Waals surface area contributed by atoms with E-state index in [2.05, 4.69) is 0 Å². The van der Waals surface area contributed by atoms with Crippen molar-refractivity contribution in [3.8, 4) is 5.75 Å². The van der Waals surface area contributed by atoms with Gasteiger partial charge in [0.1, 0.15) is 12.4 Å². The van der Waals surface area contributed by atoms with E-state index in [-0.39, 0.29) is 6.61 Å². The summed E-state index contributed by atoms with van der Waals surface area (Å²) in [5.41, 5.74) is 2.49. The normalized spacial score (nSPS) is 19.0. The van der Waals surface area contributed by atoms with Gasteiger partial charge in [0.2, 0.25) is 0 Å². The van der Waals surface area contributed by atoms with Gasteiger partial charge in [-0.25, -0.2) is 4.79 Å². The highest BCUT2D eigenvalue weighted by Crippen LogP contribution is 2.41. The molecule has 0 bridgehead atoms. The van der Waals surface area contributed by atoms with Crippen molar-refractivity contribution in [3.05, 3.63) is 65.2 Å². The van der Waals surface area contributed by atoms with E-state index in [9.17, 15) is 14.7 Å². The highest BCUT2D eigenvalue weighted by molar-refractivity contribution is 5.76. The third kappa shape index (κ3) is 3.89. The van der Waals surface area contributed by atoms with Gasteiger partial charge in [-0.05, 0) is 36.1 Å². The molecule has 1 aliphatic heterocycles. The Kier molecular flexibility index (Phi) is 5.64. The van der Waals surface area contributed by atoms with Crippen LogP contribution in [0.25, 0.3) is 0 Å². The van der Waals surface area contributed by atoms with Crippen LogP contribution in [0.15, 0.2) is 48.5 Å². The third-order valence-electron chi connectivity index (χ3n) is 5.02. The summed E-state index contributed by atoms with van der Waals surface area (Å²) < 4.78 is 10.8. The summed E-state index contributed by atoms with van der Waals surface area (Å²) in [6.45, 7) is 2.36. The number of hydrogen-bond acceptors (Lipinski definition) is 4. The average molecular weight is 369 g/mol. The van der Waals surface area contributed by atoms with Crippen LogP contribution in [-0.2, 0) is 16.1 Å². The van der Waals surface area contributed by atoms with E-state index in [1.165, 1.54) is 4.90 Å². The van der Waals surface area contributed by atoms with E-state index >= 15 is 0 Å². The van der Waals surface area contributed by atoms with Crippen molar-refractivity contribution in [2.75, 3.05) is 13.7 Å². The Bertz CT molecular complexity index is 821. The Balaban J connectivity index is 1.85. The predicted molar refractivity (Wildman–Crippen MR) is 99.5 cm³/mol. The van der Waals surface area contributed by atoms with E-state index in [0.717, 1.165) is 16.7 Å². The van der Waals surface area contributed by atoms with Crippen LogP contribution < -0.4 is 4.74 Å². The van der Waals surface area contributed by atoms with E-state index in [1.807, 2.05) is 55.5 Å². The molecular formula is C21H23NO5. The van der Waals surface area contributed by atoms with Crippen LogP contribution in [0.3, 0.4) is 0 Å². The number of carbonyl (C=O) groups excluding carboxylic acids is 1. The molecule has 27 heavy (non-hydrogen) atoms. The molecule has 6 nitrogen and oxygen atoms in total. The lowest BCUT2D eigenvalue weighted by Crippen LogP contribution is -2.34. The van der Waals surface area contributed by atoms with E-state index in [0.29, 0.717) is 18.7 Å². The molecule has 142 valence electrons. The standard InChI is InChI=1S/C21H23NO5/c1-14-16(9-6-10-18(14)26-2)19-17(20(23)24)11-12-22(19)21(25)27-13-15-7-4-3-5-8-15/h3-10,17,19H,11-13H2,1-2H3,(H,23,24)/t17-,19-/m0/s1. The minimum absolute atomic E-state index is 0.151. The average Bonchev–Trinajstić information content (AvgIpc) is 3.12. The fourth-order valence-corrected chi connectivity index (χ4v) is 3.62. The summed E-state index contributed by atoms with van der Waals surface area (Å²) in [7, 11) is 1.57.